The molecule has 0 saturated heterocycles. The Morgan fingerprint density at radius 3 is 1.16 bits per heavy atom. The average molecular weight is 575 g/mol. The van der Waals surface area contributed by atoms with Gasteiger partial charge in [-0.15, -0.1) is 0 Å². The Kier molecular flexibility index (Phi) is 5.33. The molecule has 0 bridgehead atoms. The maximum absolute atomic E-state index is 14.1. The minimum absolute atomic E-state index is 0.0904. The van der Waals surface area contributed by atoms with Gasteiger partial charge in [-0.1, -0.05) is 84.9 Å². The smallest absolute Gasteiger partial charge is 0.229 e. The summed E-state index contributed by atoms with van der Waals surface area (Å²) in [4.78, 5) is 28.2. The van der Waals surface area contributed by atoms with Crippen molar-refractivity contribution in [1.82, 2.24) is 0 Å². The van der Waals surface area contributed by atoms with Gasteiger partial charge in [0, 0.05) is 33.0 Å². The van der Waals surface area contributed by atoms with Gasteiger partial charge in [0.1, 0.15) is 11.5 Å². The Balaban J connectivity index is 1.41. The first-order chi connectivity index (χ1) is 21.3. The summed E-state index contributed by atoms with van der Waals surface area (Å²) in [5.41, 5.74) is 4.38. The number of aliphatic hydroxyl groups excluding tert-OH is 2. The average Bonchev–Trinajstić information content (AvgIpc) is 3.04. The normalized spacial score (nSPS) is 14.2. The fourth-order valence-corrected chi connectivity index (χ4v) is 6.63. The van der Waals surface area contributed by atoms with Gasteiger partial charge < -0.3 is 20.4 Å². The van der Waals surface area contributed by atoms with Crippen molar-refractivity contribution in [3.63, 3.8) is 0 Å². The van der Waals surface area contributed by atoms with Crippen LogP contribution >= 0.6 is 0 Å². The molecule has 0 radical (unpaired) electrons. The lowest BCUT2D eigenvalue weighted by atomic mass is 9.75. The first-order valence-corrected chi connectivity index (χ1v) is 14.0. The molecule has 4 N–H and O–H groups in total. The van der Waals surface area contributed by atoms with Gasteiger partial charge >= 0.3 is 0 Å². The molecular formula is C38H22O6. The number of ketones is 2. The van der Waals surface area contributed by atoms with Gasteiger partial charge in [-0.25, -0.2) is 0 Å². The number of phenols is 2. The van der Waals surface area contributed by atoms with E-state index >= 15 is 0 Å². The van der Waals surface area contributed by atoms with Gasteiger partial charge in [0.25, 0.3) is 0 Å². The van der Waals surface area contributed by atoms with Crippen LogP contribution in [0.2, 0.25) is 0 Å². The number of benzene rings is 6. The summed E-state index contributed by atoms with van der Waals surface area (Å²) in [5.74, 6) is -2.21. The van der Waals surface area contributed by atoms with Crippen molar-refractivity contribution in [1.29, 1.82) is 0 Å². The summed E-state index contributed by atoms with van der Waals surface area (Å²) in [6.45, 7) is 0. The van der Waals surface area contributed by atoms with E-state index in [2.05, 4.69) is 0 Å². The SMILES string of the molecule is O=C1C(O)=C(C2=C(O)C(=O)c3c(-c4ccc(O)cc4)ccc4cccc2c34)c2cccc3ccc(-c4ccc(O)cc4)c1c23. The Labute approximate surface area is 250 Å². The van der Waals surface area contributed by atoms with Crippen LogP contribution in [0.15, 0.2) is 121 Å². The summed E-state index contributed by atoms with van der Waals surface area (Å²) >= 11 is 0. The minimum Gasteiger partial charge on any atom is -0.508 e. The van der Waals surface area contributed by atoms with E-state index < -0.39 is 23.1 Å². The molecule has 0 saturated carbocycles. The van der Waals surface area contributed by atoms with Crippen molar-refractivity contribution in [2.24, 2.45) is 0 Å². The van der Waals surface area contributed by atoms with Crippen LogP contribution in [0.5, 0.6) is 11.5 Å². The van der Waals surface area contributed by atoms with Gasteiger partial charge in [0.2, 0.25) is 11.6 Å². The van der Waals surface area contributed by atoms with Crippen LogP contribution in [0.25, 0.3) is 54.9 Å². The lowest BCUT2D eigenvalue weighted by molar-refractivity contribution is 0.0971. The van der Waals surface area contributed by atoms with E-state index in [-0.39, 0.29) is 22.6 Å². The zero-order chi connectivity index (χ0) is 30.3. The number of hydrogen-bond donors (Lipinski definition) is 4. The van der Waals surface area contributed by atoms with Crippen LogP contribution in [0.4, 0.5) is 0 Å². The number of carbonyl (C=O) groups excluding carboxylic acids is 2. The van der Waals surface area contributed by atoms with Crippen molar-refractivity contribution in [2.45, 2.75) is 0 Å². The van der Waals surface area contributed by atoms with Gasteiger partial charge in [0.05, 0.1) is 0 Å². The number of phenolic OH excluding ortho intramolecular Hbond substituents is 2. The molecule has 0 aromatic heterocycles. The third-order valence-corrected chi connectivity index (χ3v) is 8.59. The fourth-order valence-electron chi connectivity index (χ4n) is 6.63. The molecule has 2 aliphatic carbocycles. The second-order valence-electron chi connectivity index (χ2n) is 11.0. The van der Waals surface area contributed by atoms with Crippen molar-refractivity contribution >= 4 is 44.3 Å². The third-order valence-electron chi connectivity index (χ3n) is 8.59. The quantitative estimate of drug-likeness (QED) is 0.169. The molecule has 2 aliphatic rings. The van der Waals surface area contributed by atoms with Crippen LogP contribution in [-0.4, -0.2) is 32.0 Å². The molecule has 6 nitrogen and oxygen atoms in total. The summed E-state index contributed by atoms with van der Waals surface area (Å²) in [6, 6.07) is 31.3. The molecule has 6 heteroatoms. The standard InChI is InChI=1S/C38H22O6/c39-23-13-7-19(8-14-23)25-17-11-21-3-1-5-27-29(21)31(25)35(41)37(43)33(27)34-28-6-2-4-22-12-18-26(20-9-15-24(40)16-10-20)32(30(22)28)36(42)38(34)44/h1-18,39-40,43-44H. The van der Waals surface area contributed by atoms with Crippen LogP contribution < -0.4 is 0 Å². The molecule has 6 aromatic carbocycles. The Morgan fingerprint density at radius 1 is 0.386 bits per heavy atom. The molecule has 8 rings (SSSR count). The van der Waals surface area contributed by atoms with Gasteiger partial charge in [-0.2, -0.15) is 0 Å². The second kappa shape index (κ2) is 9.18. The number of allylic oxidation sites excluding steroid dienone is 4. The fraction of sp³-hybridized carbons (Fsp3) is 0. The number of hydrogen-bond acceptors (Lipinski definition) is 6. The first kappa shape index (κ1) is 25.6. The summed E-state index contributed by atoms with van der Waals surface area (Å²) in [5, 5.41) is 45.7. The highest BCUT2D eigenvalue weighted by Gasteiger charge is 2.38. The molecule has 0 heterocycles. The summed E-state index contributed by atoms with van der Waals surface area (Å²) in [7, 11) is 0. The Bertz CT molecular complexity index is 2160. The van der Waals surface area contributed by atoms with Gasteiger partial charge in [-0.05, 0) is 68.4 Å². The van der Waals surface area contributed by atoms with E-state index in [1.165, 1.54) is 24.3 Å². The molecule has 0 spiro atoms. The number of rotatable bonds is 3. The minimum atomic E-state index is -0.629. The van der Waals surface area contributed by atoms with Crippen molar-refractivity contribution < 1.29 is 30.0 Å². The number of Topliss-reactive ketones (excluding diaryl/α,β-unsaturated/α-hetero) is 2. The molecule has 44 heavy (non-hydrogen) atoms. The molecule has 210 valence electrons. The van der Waals surface area contributed by atoms with E-state index in [0.717, 1.165) is 10.8 Å². The highest BCUT2D eigenvalue weighted by atomic mass is 16.3. The summed E-state index contributed by atoms with van der Waals surface area (Å²) < 4.78 is 0. The molecular weight excluding hydrogens is 552 g/mol. The van der Waals surface area contributed by atoms with Gasteiger partial charge in [0.15, 0.2) is 11.5 Å². The van der Waals surface area contributed by atoms with E-state index in [0.29, 0.717) is 55.3 Å². The van der Waals surface area contributed by atoms with Gasteiger partial charge in [-0.3, -0.25) is 9.59 Å². The molecule has 0 aliphatic heterocycles. The van der Waals surface area contributed by atoms with Crippen molar-refractivity contribution in [3.8, 4) is 33.8 Å². The lowest BCUT2D eigenvalue weighted by Gasteiger charge is -2.28. The van der Waals surface area contributed by atoms with Crippen LogP contribution in [0.3, 0.4) is 0 Å². The van der Waals surface area contributed by atoms with E-state index in [1.807, 2.05) is 48.5 Å². The number of carbonyl (C=O) groups is 2. The van der Waals surface area contributed by atoms with Crippen molar-refractivity contribution in [3.05, 3.63) is 143 Å². The monoisotopic (exact) mass is 574 g/mol. The zero-order valence-corrected chi connectivity index (χ0v) is 23.0. The maximum atomic E-state index is 14.1. The van der Waals surface area contributed by atoms with Crippen LogP contribution in [0, 0.1) is 0 Å². The first-order valence-electron chi connectivity index (χ1n) is 14.0. The Morgan fingerprint density at radius 2 is 0.773 bits per heavy atom. The third kappa shape index (κ3) is 3.48. The summed E-state index contributed by atoms with van der Waals surface area (Å²) in [6.07, 6.45) is 0. The van der Waals surface area contributed by atoms with Crippen molar-refractivity contribution in [2.75, 3.05) is 0 Å². The molecule has 0 amide bonds. The predicted octanol–water partition coefficient (Wildman–Crippen LogP) is 8.37. The van der Waals surface area contributed by atoms with Crippen LogP contribution in [-0.2, 0) is 0 Å². The van der Waals surface area contributed by atoms with E-state index in [1.54, 1.807) is 36.4 Å². The highest BCUT2D eigenvalue weighted by molar-refractivity contribution is 6.37. The van der Waals surface area contributed by atoms with E-state index in [4.69, 9.17) is 0 Å². The molecule has 6 aromatic rings. The topological polar surface area (TPSA) is 115 Å². The van der Waals surface area contributed by atoms with E-state index in [9.17, 15) is 30.0 Å². The Hall–Kier alpha value is -6.14. The maximum Gasteiger partial charge on any atom is 0.229 e. The highest BCUT2D eigenvalue weighted by Crippen LogP contribution is 2.50. The molecule has 0 fully saturated rings. The number of aromatic hydroxyl groups is 2. The largest absolute Gasteiger partial charge is 0.508 e. The van der Waals surface area contributed by atoms with Crippen LogP contribution in [0.1, 0.15) is 31.8 Å². The zero-order valence-electron chi connectivity index (χ0n) is 23.0. The number of aliphatic hydroxyl groups is 2. The molecule has 0 unspecified atom stereocenters. The second-order valence-corrected chi connectivity index (χ2v) is 11.0. The molecule has 0 atom stereocenters. The predicted molar refractivity (Wildman–Crippen MR) is 170 cm³/mol. The lowest BCUT2D eigenvalue weighted by Crippen LogP contribution is -2.19.